The van der Waals surface area contributed by atoms with Gasteiger partial charge in [0.1, 0.15) is 0 Å². The monoisotopic (exact) mass is 207 g/mol. The quantitative estimate of drug-likeness (QED) is 0.639. The second kappa shape index (κ2) is 3.72. The van der Waals surface area contributed by atoms with Crippen molar-refractivity contribution in [2.75, 3.05) is 13.1 Å². The molecule has 0 radical (unpaired) electrons. The van der Waals surface area contributed by atoms with Crippen LogP contribution in [0.2, 0.25) is 0 Å². The molecule has 0 unspecified atom stereocenters. The van der Waals surface area contributed by atoms with E-state index in [1.165, 1.54) is 19.3 Å². The highest BCUT2D eigenvalue weighted by Gasteiger charge is 2.42. The second-order valence-electron chi connectivity index (χ2n) is 4.44. The van der Waals surface area contributed by atoms with Crippen LogP contribution in [-0.4, -0.2) is 30.2 Å². The van der Waals surface area contributed by atoms with Crippen molar-refractivity contribution in [3.63, 3.8) is 0 Å². The minimum Gasteiger partial charge on any atom is -0.300 e. The number of alkyl halides is 3. The second-order valence-corrected chi connectivity index (χ2v) is 4.44. The molecule has 0 aromatic carbocycles. The Morgan fingerprint density at radius 2 is 1.50 bits per heavy atom. The summed E-state index contributed by atoms with van der Waals surface area (Å²) in [6.45, 7) is 1.30. The summed E-state index contributed by atoms with van der Waals surface area (Å²) in [5.74, 6) is -1.04. The largest absolute Gasteiger partial charge is 0.391 e. The van der Waals surface area contributed by atoms with Gasteiger partial charge in [-0.1, -0.05) is 6.42 Å². The van der Waals surface area contributed by atoms with Crippen LogP contribution in [0.15, 0.2) is 0 Å². The van der Waals surface area contributed by atoms with E-state index in [9.17, 15) is 13.2 Å². The third-order valence-corrected chi connectivity index (χ3v) is 3.58. The number of nitrogens with zero attached hydrogens (tertiary/aromatic N) is 1. The van der Waals surface area contributed by atoms with Gasteiger partial charge in [-0.05, 0) is 38.8 Å². The Bertz CT molecular complexity index is 190. The highest BCUT2D eigenvalue weighted by molar-refractivity contribution is 4.85. The van der Waals surface area contributed by atoms with Gasteiger partial charge in [0.05, 0.1) is 5.92 Å². The molecule has 2 fully saturated rings. The van der Waals surface area contributed by atoms with Crippen LogP contribution in [0, 0.1) is 5.92 Å². The molecule has 0 amide bonds. The van der Waals surface area contributed by atoms with Crippen molar-refractivity contribution in [3.8, 4) is 0 Å². The lowest BCUT2D eigenvalue weighted by molar-refractivity contribution is -0.186. The first-order valence-corrected chi connectivity index (χ1v) is 5.38. The van der Waals surface area contributed by atoms with Crippen LogP contribution in [0.5, 0.6) is 0 Å². The molecule has 0 spiro atoms. The van der Waals surface area contributed by atoms with Gasteiger partial charge in [0, 0.05) is 6.04 Å². The summed E-state index contributed by atoms with van der Waals surface area (Å²) in [6, 6.07) is 0.601. The van der Waals surface area contributed by atoms with Crippen molar-refractivity contribution < 1.29 is 13.2 Å². The Labute approximate surface area is 82.3 Å². The van der Waals surface area contributed by atoms with Crippen LogP contribution < -0.4 is 0 Å². The molecule has 1 nitrogen and oxygen atoms in total. The molecular weight excluding hydrogens is 191 g/mol. The zero-order valence-electron chi connectivity index (χ0n) is 8.19. The van der Waals surface area contributed by atoms with Crippen LogP contribution in [0.1, 0.15) is 32.1 Å². The molecule has 0 atom stereocenters. The maximum atomic E-state index is 12.3. The van der Waals surface area contributed by atoms with Gasteiger partial charge in [0.2, 0.25) is 0 Å². The molecule has 1 aliphatic heterocycles. The summed E-state index contributed by atoms with van der Waals surface area (Å²) in [5, 5.41) is 0. The lowest BCUT2D eigenvalue weighted by Gasteiger charge is -2.42. The van der Waals surface area contributed by atoms with Crippen molar-refractivity contribution in [1.82, 2.24) is 4.90 Å². The molecule has 14 heavy (non-hydrogen) atoms. The fourth-order valence-electron chi connectivity index (χ4n) is 2.34. The number of rotatable bonds is 1. The third kappa shape index (κ3) is 2.05. The maximum Gasteiger partial charge on any atom is 0.391 e. The van der Waals surface area contributed by atoms with Gasteiger partial charge < -0.3 is 4.90 Å². The van der Waals surface area contributed by atoms with Gasteiger partial charge in [0.15, 0.2) is 0 Å². The Kier molecular flexibility index (Phi) is 2.73. The van der Waals surface area contributed by atoms with Gasteiger partial charge in [-0.3, -0.25) is 0 Å². The van der Waals surface area contributed by atoms with Crippen molar-refractivity contribution in [1.29, 1.82) is 0 Å². The molecule has 4 heteroatoms. The standard InChI is InChI=1S/C10H16F3N/c11-10(12,13)8-4-6-14(7-5-8)9-2-1-3-9/h8-9H,1-7H2. The SMILES string of the molecule is FC(F)(F)C1CCN(C2CCC2)CC1. The van der Waals surface area contributed by atoms with Crippen LogP contribution in [0.25, 0.3) is 0 Å². The molecule has 2 rings (SSSR count). The number of halogens is 3. The van der Waals surface area contributed by atoms with Gasteiger partial charge in [0.25, 0.3) is 0 Å². The van der Waals surface area contributed by atoms with Crippen molar-refractivity contribution >= 4 is 0 Å². The van der Waals surface area contributed by atoms with Gasteiger partial charge in [-0.15, -0.1) is 0 Å². The Hall–Kier alpha value is -0.250. The van der Waals surface area contributed by atoms with E-state index < -0.39 is 12.1 Å². The molecule has 0 aromatic heterocycles. The summed E-state index contributed by atoms with van der Waals surface area (Å²) in [6.07, 6.45) is 0.281. The zero-order chi connectivity index (χ0) is 10.2. The minimum absolute atomic E-state index is 0.306. The molecule has 0 N–H and O–H groups in total. The summed E-state index contributed by atoms with van der Waals surface area (Å²) < 4.78 is 37.0. The number of likely N-dealkylation sites (tertiary alicyclic amines) is 1. The molecule has 1 aliphatic carbocycles. The van der Waals surface area contributed by atoms with E-state index in [0.29, 0.717) is 32.0 Å². The molecule has 0 aromatic rings. The molecule has 82 valence electrons. The average molecular weight is 207 g/mol. The molecule has 0 bridgehead atoms. The molecule has 1 heterocycles. The fourth-order valence-corrected chi connectivity index (χ4v) is 2.34. The first-order chi connectivity index (χ1) is 6.57. The van der Waals surface area contributed by atoms with E-state index >= 15 is 0 Å². The topological polar surface area (TPSA) is 3.24 Å². The average Bonchev–Trinajstić information content (AvgIpc) is 2.00. The highest BCUT2D eigenvalue weighted by Crippen LogP contribution is 2.36. The lowest BCUT2D eigenvalue weighted by atomic mass is 9.88. The zero-order valence-corrected chi connectivity index (χ0v) is 8.19. The van der Waals surface area contributed by atoms with E-state index in [-0.39, 0.29) is 0 Å². The number of hydrogen-bond acceptors (Lipinski definition) is 1. The van der Waals surface area contributed by atoms with Crippen molar-refractivity contribution in [2.45, 2.75) is 44.3 Å². The minimum atomic E-state index is -3.97. The van der Waals surface area contributed by atoms with Crippen molar-refractivity contribution in [2.24, 2.45) is 5.92 Å². The molecular formula is C10H16F3N. The highest BCUT2D eigenvalue weighted by atomic mass is 19.4. The predicted octanol–water partition coefficient (Wildman–Crippen LogP) is 2.81. The summed E-state index contributed by atoms with van der Waals surface area (Å²) in [7, 11) is 0. The van der Waals surface area contributed by atoms with Gasteiger partial charge in [-0.2, -0.15) is 13.2 Å². The molecule has 2 aliphatic rings. The van der Waals surface area contributed by atoms with E-state index in [0.717, 1.165) is 0 Å². The first-order valence-electron chi connectivity index (χ1n) is 5.38. The van der Waals surface area contributed by atoms with Crippen LogP contribution in [-0.2, 0) is 0 Å². The summed E-state index contributed by atoms with van der Waals surface area (Å²) in [5.41, 5.74) is 0. The van der Waals surface area contributed by atoms with E-state index in [1.54, 1.807) is 0 Å². The number of hydrogen-bond donors (Lipinski definition) is 0. The lowest BCUT2D eigenvalue weighted by Crippen LogP contribution is -2.46. The smallest absolute Gasteiger partial charge is 0.300 e. The Morgan fingerprint density at radius 3 is 1.86 bits per heavy atom. The van der Waals surface area contributed by atoms with Crippen LogP contribution in [0.4, 0.5) is 13.2 Å². The molecule has 1 saturated carbocycles. The maximum absolute atomic E-state index is 12.3. The van der Waals surface area contributed by atoms with E-state index in [4.69, 9.17) is 0 Å². The van der Waals surface area contributed by atoms with Crippen LogP contribution >= 0.6 is 0 Å². The summed E-state index contributed by atoms with van der Waals surface area (Å²) in [4.78, 5) is 2.24. The normalized spacial score (nSPS) is 27.6. The summed E-state index contributed by atoms with van der Waals surface area (Å²) >= 11 is 0. The van der Waals surface area contributed by atoms with E-state index in [2.05, 4.69) is 4.90 Å². The van der Waals surface area contributed by atoms with Crippen molar-refractivity contribution in [3.05, 3.63) is 0 Å². The Balaban J connectivity index is 1.80. The van der Waals surface area contributed by atoms with Gasteiger partial charge in [-0.25, -0.2) is 0 Å². The fraction of sp³-hybridized carbons (Fsp3) is 1.00. The van der Waals surface area contributed by atoms with Gasteiger partial charge >= 0.3 is 6.18 Å². The molecule has 1 saturated heterocycles. The van der Waals surface area contributed by atoms with Crippen LogP contribution in [0.3, 0.4) is 0 Å². The third-order valence-electron chi connectivity index (χ3n) is 3.58. The Morgan fingerprint density at radius 1 is 0.929 bits per heavy atom. The number of piperidine rings is 1. The van der Waals surface area contributed by atoms with E-state index in [1.807, 2.05) is 0 Å². The predicted molar refractivity (Wildman–Crippen MR) is 48.0 cm³/mol. The first kappa shape index (κ1) is 10.3.